The van der Waals surface area contributed by atoms with Crippen molar-refractivity contribution in [2.45, 2.75) is 26.4 Å². The summed E-state index contributed by atoms with van der Waals surface area (Å²) >= 11 is 0. The van der Waals surface area contributed by atoms with Crippen LogP contribution in [0.25, 0.3) is 0 Å². The smallest absolute Gasteiger partial charge is 0.115 e. The molecule has 0 saturated heterocycles. The zero-order valence-corrected chi connectivity index (χ0v) is 11.0. The first-order chi connectivity index (χ1) is 8.58. The largest absolute Gasteiger partial charge is 0.508 e. The quantitative estimate of drug-likeness (QED) is 0.869. The lowest BCUT2D eigenvalue weighted by Gasteiger charge is -2.13. The Labute approximate surface area is 107 Å². The van der Waals surface area contributed by atoms with Crippen molar-refractivity contribution in [2.75, 3.05) is 0 Å². The predicted molar refractivity (Wildman–Crippen MR) is 71.3 cm³/mol. The molecule has 4 heteroatoms. The van der Waals surface area contributed by atoms with E-state index in [1.165, 1.54) is 11.3 Å². The molecule has 18 heavy (non-hydrogen) atoms. The number of rotatable bonds is 4. The normalized spacial score (nSPS) is 12.6. The van der Waals surface area contributed by atoms with Crippen molar-refractivity contribution in [1.29, 1.82) is 0 Å². The third-order valence-corrected chi connectivity index (χ3v) is 3.29. The molecule has 1 atom stereocenters. The van der Waals surface area contributed by atoms with Gasteiger partial charge in [0.15, 0.2) is 0 Å². The minimum Gasteiger partial charge on any atom is -0.508 e. The molecule has 0 spiro atoms. The third-order valence-electron chi connectivity index (χ3n) is 3.29. The van der Waals surface area contributed by atoms with Crippen LogP contribution < -0.4 is 5.32 Å². The molecule has 0 aliphatic rings. The van der Waals surface area contributed by atoms with Gasteiger partial charge in [0, 0.05) is 30.9 Å². The second-order valence-electron chi connectivity index (χ2n) is 4.58. The summed E-state index contributed by atoms with van der Waals surface area (Å²) in [4.78, 5) is 0. The number of nitrogens with one attached hydrogen (secondary N) is 1. The van der Waals surface area contributed by atoms with Crippen molar-refractivity contribution < 1.29 is 5.11 Å². The molecule has 0 aliphatic heterocycles. The standard InChI is InChI=1S/C14H19N3O/c1-10(14-9-16-17(3)11(14)2)15-8-12-4-6-13(18)7-5-12/h4-7,9-10,15,18H,8H2,1-3H3. The van der Waals surface area contributed by atoms with E-state index in [9.17, 15) is 5.11 Å². The fourth-order valence-corrected chi connectivity index (χ4v) is 1.94. The molecule has 96 valence electrons. The lowest BCUT2D eigenvalue weighted by molar-refractivity contribution is 0.474. The highest BCUT2D eigenvalue weighted by Gasteiger charge is 2.11. The van der Waals surface area contributed by atoms with Crippen LogP contribution in [0, 0.1) is 6.92 Å². The van der Waals surface area contributed by atoms with Gasteiger partial charge in [-0.25, -0.2) is 0 Å². The van der Waals surface area contributed by atoms with Crippen LogP contribution in [-0.4, -0.2) is 14.9 Å². The maximum atomic E-state index is 9.22. The number of aryl methyl sites for hydroxylation is 1. The number of hydrogen-bond donors (Lipinski definition) is 2. The fourth-order valence-electron chi connectivity index (χ4n) is 1.94. The highest BCUT2D eigenvalue weighted by molar-refractivity contribution is 5.26. The van der Waals surface area contributed by atoms with Gasteiger partial charge in [0.2, 0.25) is 0 Å². The van der Waals surface area contributed by atoms with Crippen molar-refractivity contribution in [3.8, 4) is 5.75 Å². The van der Waals surface area contributed by atoms with E-state index in [0.717, 1.165) is 12.1 Å². The van der Waals surface area contributed by atoms with E-state index in [4.69, 9.17) is 0 Å². The molecule has 2 N–H and O–H groups in total. The Morgan fingerprint density at radius 1 is 1.33 bits per heavy atom. The van der Waals surface area contributed by atoms with E-state index in [2.05, 4.69) is 24.3 Å². The molecular weight excluding hydrogens is 226 g/mol. The van der Waals surface area contributed by atoms with E-state index in [-0.39, 0.29) is 6.04 Å². The van der Waals surface area contributed by atoms with Gasteiger partial charge in [-0.1, -0.05) is 12.1 Å². The van der Waals surface area contributed by atoms with Gasteiger partial charge in [-0.2, -0.15) is 5.10 Å². The number of benzene rings is 1. The molecule has 1 heterocycles. The van der Waals surface area contributed by atoms with E-state index in [1.54, 1.807) is 12.1 Å². The van der Waals surface area contributed by atoms with Gasteiger partial charge in [0.1, 0.15) is 5.75 Å². The molecule has 0 amide bonds. The van der Waals surface area contributed by atoms with Crippen molar-refractivity contribution >= 4 is 0 Å². The van der Waals surface area contributed by atoms with Crippen LogP contribution in [0.3, 0.4) is 0 Å². The Morgan fingerprint density at radius 2 is 2.00 bits per heavy atom. The lowest BCUT2D eigenvalue weighted by Crippen LogP contribution is -2.18. The molecule has 4 nitrogen and oxygen atoms in total. The van der Waals surface area contributed by atoms with E-state index in [0.29, 0.717) is 5.75 Å². The Bertz CT molecular complexity index is 516. The zero-order valence-electron chi connectivity index (χ0n) is 11.0. The summed E-state index contributed by atoms with van der Waals surface area (Å²) in [7, 11) is 1.95. The van der Waals surface area contributed by atoms with Crippen LogP contribution in [0.1, 0.15) is 29.8 Å². The molecule has 1 aromatic carbocycles. The van der Waals surface area contributed by atoms with Crippen LogP contribution >= 0.6 is 0 Å². The molecule has 2 aromatic rings. The van der Waals surface area contributed by atoms with Crippen LogP contribution in [0.15, 0.2) is 30.5 Å². The van der Waals surface area contributed by atoms with Crippen LogP contribution in [-0.2, 0) is 13.6 Å². The van der Waals surface area contributed by atoms with Crippen LogP contribution in [0.5, 0.6) is 5.75 Å². The minimum atomic E-state index is 0.257. The summed E-state index contributed by atoms with van der Waals surface area (Å²) in [6, 6.07) is 7.51. The summed E-state index contributed by atoms with van der Waals surface area (Å²) in [6.45, 7) is 4.97. The number of hydrogen-bond acceptors (Lipinski definition) is 3. The maximum Gasteiger partial charge on any atom is 0.115 e. The summed E-state index contributed by atoms with van der Waals surface area (Å²) in [5.41, 5.74) is 3.55. The van der Waals surface area contributed by atoms with Crippen molar-refractivity contribution in [2.24, 2.45) is 7.05 Å². The first-order valence-electron chi connectivity index (χ1n) is 6.07. The predicted octanol–water partition coefficient (Wildman–Crippen LogP) is 2.28. The maximum absolute atomic E-state index is 9.22. The third kappa shape index (κ3) is 2.71. The highest BCUT2D eigenvalue weighted by Crippen LogP contribution is 2.17. The molecule has 0 saturated carbocycles. The van der Waals surface area contributed by atoms with Gasteiger partial charge in [0.25, 0.3) is 0 Å². The number of nitrogens with zero attached hydrogens (tertiary/aromatic N) is 2. The second kappa shape index (κ2) is 5.23. The van der Waals surface area contributed by atoms with Gasteiger partial charge >= 0.3 is 0 Å². The van der Waals surface area contributed by atoms with E-state index in [1.807, 2.05) is 30.1 Å². The number of phenolic OH excluding ortho intramolecular Hbond substituents is 1. The number of phenols is 1. The molecule has 0 aliphatic carbocycles. The highest BCUT2D eigenvalue weighted by atomic mass is 16.3. The first kappa shape index (κ1) is 12.6. The number of aromatic nitrogens is 2. The van der Waals surface area contributed by atoms with Gasteiger partial charge in [-0.05, 0) is 31.5 Å². The molecule has 2 rings (SSSR count). The fraction of sp³-hybridized carbons (Fsp3) is 0.357. The minimum absolute atomic E-state index is 0.257. The van der Waals surface area contributed by atoms with E-state index < -0.39 is 0 Å². The topological polar surface area (TPSA) is 50.1 Å². The summed E-state index contributed by atoms with van der Waals surface area (Å²) in [6.07, 6.45) is 1.91. The lowest BCUT2D eigenvalue weighted by atomic mass is 10.1. The Kier molecular flexibility index (Phi) is 3.67. The average Bonchev–Trinajstić information content (AvgIpc) is 2.69. The Morgan fingerprint density at radius 3 is 2.56 bits per heavy atom. The van der Waals surface area contributed by atoms with Crippen molar-refractivity contribution in [1.82, 2.24) is 15.1 Å². The van der Waals surface area contributed by atoms with Crippen LogP contribution in [0.4, 0.5) is 0 Å². The average molecular weight is 245 g/mol. The SMILES string of the molecule is Cc1c(C(C)NCc2ccc(O)cc2)cnn1C. The van der Waals surface area contributed by atoms with Crippen molar-refractivity contribution in [3.63, 3.8) is 0 Å². The van der Waals surface area contributed by atoms with Gasteiger partial charge in [-0.3, -0.25) is 4.68 Å². The zero-order chi connectivity index (χ0) is 13.1. The van der Waals surface area contributed by atoms with Crippen LogP contribution in [0.2, 0.25) is 0 Å². The number of aromatic hydroxyl groups is 1. The Hall–Kier alpha value is -1.81. The molecule has 1 aromatic heterocycles. The second-order valence-corrected chi connectivity index (χ2v) is 4.58. The van der Waals surface area contributed by atoms with Gasteiger partial charge in [-0.15, -0.1) is 0 Å². The van der Waals surface area contributed by atoms with Gasteiger partial charge in [0.05, 0.1) is 6.20 Å². The summed E-state index contributed by atoms with van der Waals surface area (Å²) in [5.74, 6) is 0.301. The Balaban J connectivity index is 1.98. The molecule has 0 fully saturated rings. The molecule has 1 unspecified atom stereocenters. The first-order valence-corrected chi connectivity index (χ1v) is 6.07. The molecule has 0 radical (unpaired) electrons. The summed E-state index contributed by atoms with van der Waals surface area (Å²) in [5, 5.41) is 16.9. The van der Waals surface area contributed by atoms with Gasteiger partial charge < -0.3 is 10.4 Å². The summed E-state index contributed by atoms with van der Waals surface area (Å²) < 4.78 is 1.88. The molecular formula is C14H19N3O. The van der Waals surface area contributed by atoms with Crippen molar-refractivity contribution in [3.05, 3.63) is 47.3 Å². The monoisotopic (exact) mass is 245 g/mol. The van der Waals surface area contributed by atoms with E-state index >= 15 is 0 Å². The molecule has 0 bridgehead atoms.